The Morgan fingerprint density at radius 2 is 2.00 bits per heavy atom. The molecule has 0 aromatic carbocycles. The molecular formula is C11H18O2. The maximum absolute atomic E-state index is 11.6. The fourth-order valence-corrected chi connectivity index (χ4v) is 2.12. The van der Waals surface area contributed by atoms with Gasteiger partial charge in [-0.05, 0) is 25.2 Å². The predicted molar refractivity (Wildman–Crippen MR) is 52.3 cm³/mol. The molecule has 1 aliphatic rings. The Morgan fingerprint density at radius 3 is 2.38 bits per heavy atom. The molecule has 74 valence electrons. The molecule has 0 saturated carbocycles. The molecule has 0 N–H and O–H groups in total. The second-order valence-electron chi connectivity index (χ2n) is 4.25. The summed E-state index contributed by atoms with van der Waals surface area (Å²) in [6.45, 7) is 4.28. The van der Waals surface area contributed by atoms with Gasteiger partial charge in [0.15, 0.2) is 0 Å². The topological polar surface area (TPSA) is 26.3 Å². The van der Waals surface area contributed by atoms with Gasteiger partial charge in [-0.3, -0.25) is 4.79 Å². The molecule has 0 aromatic rings. The van der Waals surface area contributed by atoms with E-state index in [-0.39, 0.29) is 11.4 Å². The molecule has 0 saturated heterocycles. The summed E-state index contributed by atoms with van der Waals surface area (Å²) in [6.07, 6.45) is 6.78. The van der Waals surface area contributed by atoms with E-state index in [1.54, 1.807) is 0 Å². The number of allylic oxidation sites excluding steroid dienone is 2. The summed E-state index contributed by atoms with van der Waals surface area (Å²) in [5, 5.41) is 0. The van der Waals surface area contributed by atoms with Crippen LogP contribution in [0.1, 0.15) is 33.1 Å². The highest BCUT2D eigenvalue weighted by Gasteiger charge is 2.40. The second-order valence-corrected chi connectivity index (χ2v) is 4.25. The van der Waals surface area contributed by atoms with Gasteiger partial charge in [0.2, 0.25) is 0 Å². The third kappa shape index (κ3) is 2.11. The zero-order valence-corrected chi connectivity index (χ0v) is 8.67. The van der Waals surface area contributed by atoms with Crippen LogP contribution in [0.15, 0.2) is 12.2 Å². The van der Waals surface area contributed by atoms with Crippen molar-refractivity contribution in [1.82, 2.24) is 0 Å². The van der Waals surface area contributed by atoms with Crippen LogP contribution in [0.25, 0.3) is 0 Å². The number of esters is 1. The molecule has 0 fully saturated rings. The highest BCUT2D eigenvalue weighted by molar-refractivity contribution is 5.77. The van der Waals surface area contributed by atoms with Crippen molar-refractivity contribution in [3.63, 3.8) is 0 Å². The molecule has 0 spiro atoms. The van der Waals surface area contributed by atoms with Gasteiger partial charge in [0, 0.05) is 0 Å². The van der Waals surface area contributed by atoms with Crippen molar-refractivity contribution in [1.29, 1.82) is 0 Å². The first-order valence-corrected chi connectivity index (χ1v) is 4.84. The number of hydrogen-bond acceptors (Lipinski definition) is 2. The van der Waals surface area contributed by atoms with E-state index in [9.17, 15) is 4.79 Å². The highest BCUT2D eigenvalue weighted by Crippen LogP contribution is 2.40. The molecule has 1 rings (SSSR count). The number of hydrogen-bond donors (Lipinski definition) is 0. The molecule has 0 heterocycles. The van der Waals surface area contributed by atoms with E-state index in [0.29, 0.717) is 5.92 Å². The smallest absolute Gasteiger partial charge is 0.312 e. The lowest BCUT2D eigenvalue weighted by atomic mass is 9.78. The lowest BCUT2D eigenvalue weighted by Crippen LogP contribution is -2.31. The monoisotopic (exact) mass is 182 g/mol. The molecule has 0 atom stereocenters. The van der Waals surface area contributed by atoms with Crippen LogP contribution in [-0.4, -0.2) is 13.1 Å². The zero-order chi connectivity index (χ0) is 9.90. The van der Waals surface area contributed by atoms with Gasteiger partial charge >= 0.3 is 5.97 Å². The van der Waals surface area contributed by atoms with Crippen molar-refractivity contribution in [2.24, 2.45) is 11.3 Å². The van der Waals surface area contributed by atoms with Crippen LogP contribution in [-0.2, 0) is 9.53 Å². The number of rotatable bonds is 3. The van der Waals surface area contributed by atoms with Crippen LogP contribution in [0.2, 0.25) is 0 Å². The third-order valence-corrected chi connectivity index (χ3v) is 2.60. The summed E-state index contributed by atoms with van der Waals surface area (Å²) in [5.74, 6) is 0.491. The van der Waals surface area contributed by atoms with Gasteiger partial charge in [-0.2, -0.15) is 0 Å². The normalized spacial score (nSPS) is 19.4. The van der Waals surface area contributed by atoms with E-state index in [1.165, 1.54) is 7.11 Å². The summed E-state index contributed by atoms with van der Waals surface area (Å²) in [5.41, 5.74) is -0.247. The molecule has 13 heavy (non-hydrogen) atoms. The van der Waals surface area contributed by atoms with Gasteiger partial charge in [-0.15, -0.1) is 0 Å². The van der Waals surface area contributed by atoms with Gasteiger partial charge in [-0.1, -0.05) is 26.0 Å². The van der Waals surface area contributed by atoms with Crippen molar-refractivity contribution in [3.05, 3.63) is 12.2 Å². The molecule has 0 radical (unpaired) electrons. The summed E-state index contributed by atoms with van der Waals surface area (Å²) >= 11 is 0. The minimum atomic E-state index is -0.247. The van der Waals surface area contributed by atoms with E-state index in [1.807, 2.05) is 0 Å². The Hall–Kier alpha value is -0.790. The Balaban J connectivity index is 2.70. The molecule has 0 unspecified atom stereocenters. The van der Waals surface area contributed by atoms with E-state index >= 15 is 0 Å². The van der Waals surface area contributed by atoms with E-state index < -0.39 is 0 Å². The van der Waals surface area contributed by atoms with Crippen LogP contribution in [0.3, 0.4) is 0 Å². The quantitative estimate of drug-likeness (QED) is 0.495. The molecule has 2 nitrogen and oxygen atoms in total. The summed E-state index contributed by atoms with van der Waals surface area (Å²) < 4.78 is 4.86. The first-order chi connectivity index (χ1) is 6.10. The van der Waals surface area contributed by atoms with Crippen LogP contribution in [0, 0.1) is 11.3 Å². The van der Waals surface area contributed by atoms with Crippen molar-refractivity contribution in [3.8, 4) is 0 Å². The summed E-state index contributed by atoms with van der Waals surface area (Å²) in [6, 6.07) is 0. The third-order valence-electron chi connectivity index (χ3n) is 2.60. The molecular weight excluding hydrogens is 164 g/mol. The number of carbonyl (C=O) groups excluding carboxylic acids is 1. The lowest BCUT2D eigenvalue weighted by molar-refractivity contribution is -0.153. The number of ether oxygens (including phenoxy) is 1. The van der Waals surface area contributed by atoms with Gasteiger partial charge in [0.1, 0.15) is 0 Å². The Kier molecular flexibility index (Phi) is 3.12. The van der Waals surface area contributed by atoms with E-state index in [0.717, 1.165) is 19.3 Å². The molecule has 0 aromatic heterocycles. The van der Waals surface area contributed by atoms with Gasteiger partial charge < -0.3 is 4.74 Å². The van der Waals surface area contributed by atoms with Gasteiger partial charge in [-0.25, -0.2) is 0 Å². The van der Waals surface area contributed by atoms with Crippen LogP contribution >= 0.6 is 0 Å². The zero-order valence-electron chi connectivity index (χ0n) is 8.67. The average Bonchev–Trinajstić information content (AvgIpc) is 2.51. The number of methoxy groups -OCH3 is 1. The maximum Gasteiger partial charge on any atom is 0.312 e. The Bertz CT molecular complexity index is 208. The first-order valence-electron chi connectivity index (χ1n) is 4.84. The highest BCUT2D eigenvalue weighted by atomic mass is 16.5. The van der Waals surface area contributed by atoms with Crippen molar-refractivity contribution in [2.75, 3.05) is 7.11 Å². The van der Waals surface area contributed by atoms with Crippen LogP contribution in [0.5, 0.6) is 0 Å². The van der Waals surface area contributed by atoms with Crippen molar-refractivity contribution < 1.29 is 9.53 Å². The average molecular weight is 182 g/mol. The van der Waals surface area contributed by atoms with Crippen molar-refractivity contribution >= 4 is 5.97 Å². The molecule has 0 bridgehead atoms. The first kappa shape index (κ1) is 10.3. The summed E-state index contributed by atoms with van der Waals surface area (Å²) in [4.78, 5) is 11.6. The Labute approximate surface area is 80.0 Å². The maximum atomic E-state index is 11.6. The molecule has 0 amide bonds. The predicted octanol–water partition coefficient (Wildman–Crippen LogP) is 2.54. The van der Waals surface area contributed by atoms with E-state index in [2.05, 4.69) is 26.0 Å². The minimum Gasteiger partial charge on any atom is -0.469 e. The van der Waals surface area contributed by atoms with Crippen LogP contribution in [0.4, 0.5) is 0 Å². The lowest BCUT2D eigenvalue weighted by Gasteiger charge is -2.27. The SMILES string of the molecule is COC(=O)C1(CC(C)C)CC=CC1. The van der Waals surface area contributed by atoms with Gasteiger partial charge in [0.05, 0.1) is 12.5 Å². The largest absolute Gasteiger partial charge is 0.469 e. The summed E-state index contributed by atoms with van der Waals surface area (Å²) in [7, 11) is 1.47. The van der Waals surface area contributed by atoms with E-state index in [4.69, 9.17) is 4.74 Å². The second kappa shape index (κ2) is 3.95. The Morgan fingerprint density at radius 1 is 1.46 bits per heavy atom. The standard InChI is InChI=1S/C11H18O2/c1-9(2)8-11(10(12)13-3)6-4-5-7-11/h4-5,9H,6-8H2,1-3H3. The van der Waals surface area contributed by atoms with Gasteiger partial charge in [0.25, 0.3) is 0 Å². The fraction of sp³-hybridized carbons (Fsp3) is 0.727. The fourth-order valence-electron chi connectivity index (χ4n) is 2.12. The molecule has 0 aliphatic heterocycles. The van der Waals surface area contributed by atoms with Crippen LogP contribution < -0.4 is 0 Å². The minimum absolute atomic E-state index is 0.0498. The number of carbonyl (C=O) groups is 1. The molecule has 1 aliphatic carbocycles. The molecule has 2 heteroatoms. The van der Waals surface area contributed by atoms with Crippen molar-refractivity contribution in [2.45, 2.75) is 33.1 Å².